The lowest BCUT2D eigenvalue weighted by Gasteiger charge is -2.18. The molecule has 0 spiro atoms. The smallest absolute Gasteiger partial charge is 0.237 e. The van der Waals surface area contributed by atoms with Crippen molar-refractivity contribution in [2.45, 2.75) is 50.9 Å². The second-order valence-electron chi connectivity index (χ2n) is 8.31. The summed E-state index contributed by atoms with van der Waals surface area (Å²) in [7, 11) is 0. The van der Waals surface area contributed by atoms with E-state index in [1.165, 1.54) is 11.8 Å². The van der Waals surface area contributed by atoms with Crippen LogP contribution in [-0.2, 0) is 4.79 Å². The Balaban J connectivity index is 1.64. The van der Waals surface area contributed by atoms with Crippen LogP contribution < -0.4 is 5.32 Å². The Morgan fingerprint density at radius 2 is 1.76 bits per heavy atom. The first-order valence-electron chi connectivity index (χ1n) is 11.0. The molecule has 1 unspecified atom stereocenters. The Hall–Kier alpha value is -3.32. The SMILES string of the molecule is Cc1cccc(C(C)C)c1NC(=O)C(C)Sc1nnc(-c2ccoc2C)n1-c1ccccc1. The van der Waals surface area contributed by atoms with Crippen LogP contribution in [0.3, 0.4) is 0 Å². The second kappa shape index (κ2) is 9.67. The minimum absolute atomic E-state index is 0.0696. The van der Waals surface area contributed by atoms with E-state index in [2.05, 4.69) is 35.4 Å². The summed E-state index contributed by atoms with van der Waals surface area (Å²) in [4.78, 5) is 13.2. The van der Waals surface area contributed by atoms with Crippen molar-refractivity contribution in [3.63, 3.8) is 0 Å². The zero-order chi connectivity index (χ0) is 23.5. The molecule has 0 aliphatic carbocycles. The normalized spacial score (nSPS) is 12.2. The average molecular weight is 461 g/mol. The number of aryl methyl sites for hydroxylation is 2. The molecule has 7 heteroatoms. The molecule has 0 bridgehead atoms. The van der Waals surface area contributed by atoms with Gasteiger partial charge in [-0.1, -0.05) is 62.0 Å². The number of hydrogen-bond donors (Lipinski definition) is 1. The minimum atomic E-state index is -0.380. The molecule has 0 aliphatic heterocycles. The monoisotopic (exact) mass is 460 g/mol. The number of aromatic nitrogens is 3. The number of rotatable bonds is 7. The van der Waals surface area contributed by atoms with Crippen LogP contribution in [0.15, 0.2) is 70.4 Å². The Bertz CT molecular complexity index is 1260. The number of para-hydroxylation sites is 2. The predicted octanol–water partition coefficient (Wildman–Crippen LogP) is 6.39. The van der Waals surface area contributed by atoms with Gasteiger partial charge in [-0.15, -0.1) is 10.2 Å². The number of nitrogens with zero attached hydrogens (tertiary/aromatic N) is 3. The standard InChI is InChI=1S/C26H28N4O2S/c1-16(2)21-13-9-10-17(3)23(21)27-25(31)19(5)33-26-29-28-24(22-14-15-32-18(22)4)30(26)20-11-7-6-8-12-20/h6-16,19H,1-5H3,(H,27,31). The molecule has 170 valence electrons. The largest absolute Gasteiger partial charge is 0.469 e. The van der Waals surface area contributed by atoms with E-state index in [1.807, 2.05) is 73.9 Å². The van der Waals surface area contributed by atoms with Gasteiger partial charge in [-0.3, -0.25) is 9.36 Å². The average Bonchev–Trinajstić information content (AvgIpc) is 3.41. The maximum atomic E-state index is 13.2. The molecule has 2 heterocycles. The second-order valence-corrected chi connectivity index (χ2v) is 9.62. The van der Waals surface area contributed by atoms with Gasteiger partial charge in [-0.2, -0.15) is 0 Å². The van der Waals surface area contributed by atoms with Crippen molar-refractivity contribution in [2.75, 3.05) is 5.32 Å². The molecule has 1 N–H and O–H groups in total. The fourth-order valence-electron chi connectivity index (χ4n) is 3.73. The highest BCUT2D eigenvalue weighted by molar-refractivity contribution is 8.00. The number of nitrogens with one attached hydrogen (secondary N) is 1. The topological polar surface area (TPSA) is 73.0 Å². The molecule has 1 atom stereocenters. The van der Waals surface area contributed by atoms with Crippen LogP contribution in [0.4, 0.5) is 5.69 Å². The Kier molecular flexibility index (Phi) is 6.70. The maximum absolute atomic E-state index is 13.2. The van der Waals surface area contributed by atoms with E-state index in [4.69, 9.17) is 4.42 Å². The molecule has 2 aromatic heterocycles. The molecule has 4 rings (SSSR count). The van der Waals surface area contributed by atoms with E-state index in [0.29, 0.717) is 16.9 Å². The summed E-state index contributed by atoms with van der Waals surface area (Å²) in [5.41, 5.74) is 4.87. The number of benzene rings is 2. The van der Waals surface area contributed by atoms with Crippen LogP contribution in [0, 0.1) is 13.8 Å². The van der Waals surface area contributed by atoms with Crippen molar-refractivity contribution < 1.29 is 9.21 Å². The lowest BCUT2D eigenvalue weighted by Crippen LogP contribution is -2.24. The highest BCUT2D eigenvalue weighted by Crippen LogP contribution is 2.33. The van der Waals surface area contributed by atoms with Crippen molar-refractivity contribution in [1.82, 2.24) is 14.8 Å². The first kappa shape index (κ1) is 22.9. The molecule has 33 heavy (non-hydrogen) atoms. The third kappa shape index (κ3) is 4.73. The van der Waals surface area contributed by atoms with Gasteiger partial charge in [-0.05, 0) is 56.0 Å². The summed E-state index contributed by atoms with van der Waals surface area (Å²) in [6, 6.07) is 17.9. The molecular weight excluding hydrogens is 432 g/mol. The molecule has 4 aromatic rings. The van der Waals surface area contributed by atoms with E-state index in [1.54, 1.807) is 6.26 Å². The highest BCUT2D eigenvalue weighted by atomic mass is 32.2. The number of furan rings is 1. The van der Waals surface area contributed by atoms with Crippen molar-refractivity contribution >= 4 is 23.4 Å². The van der Waals surface area contributed by atoms with Gasteiger partial charge < -0.3 is 9.73 Å². The van der Waals surface area contributed by atoms with Gasteiger partial charge in [-0.25, -0.2) is 0 Å². The molecule has 0 aliphatic rings. The number of amides is 1. The molecule has 0 radical (unpaired) electrons. The molecule has 0 saturated carbocycles. The van der Waals surface area contributed by atoms with Crippen LogP contribution in [0.1, 0.15) is 43.6 Å². The van der Waals surface area contributed by atoms with E-state index in [0.717, 1.165) is 33.8 Å². The van der Waals surface area contributed by atoms with Crippen LogP contribution in [-0.4, -0.2) is 25.9 Å². The number of carbonyl (C=O) groups excluding carboxylic acids is 1. The Morgan fingerprint density at radius 1 is 1.00 bits per heavy atom. The fourth-order valence-corrected chi connectivity index (χ4v) is 4.59. The van der Waals surface area contributed by atoms with Crippen LogP contribution in [0.25, 0.3) is 17.1 Å². The summed E-state index contributed by atoms with van der Waals surface area (Å²) in [5.74, 6) is 1.69. The summed E-state index contributed by atoms with van der Waals surface area (Å²) in [5, 5.41) is 12.3. The van der Waals surface area contributed by atoms with E-state index in [9.17, 15) is 4.79 Å². The molecule has 0 saturated heterocycles. The molecular formula is C26H28N4O2S. The van der Waals surface area contributed by atoms with Gasteiger partial charge in [0.2, 0.25) is 5.91 Å². The van der Waals surface area contributed by atoms with Gasteiger partial charge in [0.1, 0.15) is 5.76 Å². The number of anilines is 1. The van der Waals surface area contributed by atoms with Gasteiger partial charge in [0.25, 0.3) is 0 Å². The summed E-state index contributed by atoms with van der Waals surface area (Å²) >= 11 is 1.38. The third-order valence-corrected chi connectivity index (χ3v) is 6.62. The van der Waals surface area contributed by atoms with Crippen LogP contribution in [0.5, 0.6) is 0 Å². The Labute approximate surface area is 198 Å². The molecule has 1 amide bonds. The van der Waals surface area contributed by atoms with E-state index in [-0.39, 0.29) is 11.2 Å². The zero-order valence-corrected chi connectivity index (χ0v) is 20.3. The number of thioether (sulfide) groups is 1. The fraction of sp³-hybridized carbons (Fsp3) is 0.269. The van der Waals surface area contributed by atoms with Crippen LogP contribution in [0.2, 0.25) is 0 Å². The van der Waals surface area contributed by atoms with Crippen molar-refractivity contribution in [1.29, 1.82) is 0 Å². The Morgan fingerprint density at radius 3 is 2.42 bits per heavy atom. The molecule has 2 aromatic carbocycles. The van der Waals surface area contributed by atoms with Crippen molar-refractivity contribution in [3.8, 4) is 17.1 Å². The summed E-state index contributed by atoms with van der Waals surface area (Å²) in [6.07, 6.45) is 1.64. The molecule has 0 fully saturated rings. The maximum Gasteiger partial charge on any atom is 0.237 e. The number of hydrogen-bond acceptors (Lipinski definition) is 5. The summed E-state index contributed by atoms with van der Waals surface area (Å²) in [6.45, 7) is 10.1. The lowest BCUT2D eigenvalue weighted by atomic mass is 9.98. The number of carbonyl (C=O) groups is 1. The zero-order valence-electron chi connectivity index (χ0n) is 19.5. The van der Waals surface area contributed by atoms with Gasteiger partial charge in [0.15, 0.2) is 11.0 Å². The quantitative estimate of drug-likeness (QED) is 0.324. The van der Waals surface area contributed by atoms with Gasteiger partial charge in [0, 0.05) is 11.4 Å². The highest BCUT2D eigenvalue weighted by Gasteiger charge is 2.24. The predicted molar refractivity (Wildman–Crippen MR) is 133 cm³/mol. The first-order valence-corrected chi connectivity index (χ1v) is 11.9. The lowest BCUT2D eigenvalue weighted by molar-refractivity contribution is -0.115. The first-order chi connectivity index (χ1) is 15.9. The third-order valence-electron chi connectivity index (χ3n) is 5.57. The summed E-state index contributed by atoms with van der Waals surface area (Å²) < 4.78 is 7.47. The minimum Gasteiger partial charge on any atom is -0.469 e. The van der Waals surface area contributed by atoms with E-state index >= 15 is 0 Å². The molecule has 6 nitrogen and oxygen atoms in total. The van der Waals surface area contributed by atoms with Gasteiger partial charge >= 0.3 is 0 Å². The van der Waals surface area contributed by atoms with Crippen molar-refractivity contribution in [3.05, 3.63) is 77.7 Å². The van der Waals surface area contributed by atoms with Crippen molar-refractivity contribution in [2.24, 2.45) is 0 Å². The van der Waals surface area contributed by atoms with Gasteiger partial charge in [0.05, 0.1) is 17.1 Å². The van der Waals surface area contributed by atoms with Crippen LogP contribution >= 0.6 is 11.8 Å². The van der Waals surface area contributed by atoms with E-state index < -0.39 is 0 Å².